The van der Waals surface area contributed by atoms with Crippen molar-refractivity contribution in [3.8, 4) is 0 Å². The minimum absolute atomic E-state index is 0.00589. The lowest BCUT2D eigenvalue weighted by molar-refractivity contribution is -0.116. The van der Waals surface area contributed by atoms with Crippen LogP contribution in [-0.4, -0.2) is 36.6 Å². The second kappa shape index (κ2) is 8.17. The third-order valence-electron chi connectivity index (χ3n) is 3.18. The number of thioether (sulfide) groups is 1. The molecule has 6 heteroatoms. The lowest BCUT2D eigenvalue weighted by atomic mass is 10.2. The molecule has 0 aliphatic heterocycles. The Hall–Kier alpha value is -1.79. The van der Waals surface area contributed by atoms with Crippen molar-refractivity contribution in [3.63, 3.8) is 0 Å². The van der Waals surface area contributed by atoms with Crippen molar-refractivity contribution < 1.29 is 9.59 Å². The topological polar surface area (TPSA) is 49.4 Å². The number of nitrogens with one attached hydrogen (secondary N) is 1. The number of carbonyl (C=O) groups excluding carboxylic acids is 2. The van der Waals surface area contributed by atoms with Gasteiger partial charge in [-0.3, -0.25) is 9.59 Å². The van der Waals surface area contributed by atoms with Crippen LogP contribution in [-0.2, 0) is 4.79 Å². The highest BCUT2D eigenvalue weighted by molar-refractivity contribution is 9.10. The fourth-order valence-corrected chi connectivity index (χ4v) is 3.02. The Bertz CT molecular complexity index is 721. The molecule has 0 aliphatic rings. The average Bonchev–Trinajstić information content (AvgIpc) is 2.54. The molecule has 2 aromatic carbocycles. The van der Waals surface area contributed by atoms with Crippen LogP contribution in [0, 0.1) is 0 Å². The van der Waals surface area contributed by atoms with E-state index >= 15 is 0 Å². The number of rotatable bonds is 5. The molecule has 2 rings (SSSR count). The first-order chi connectivity index (χ1) is 11.0. The van der Waals surface area contributed by atoms with E-state index in [9.17, 15) is 9.59 Å². The van der Waals surface area contributed by atoms with Gasteiger partial charge in [0.05, 0.1) is 12.2 Å². The van der Waals surface area contributed by atoms with Crippen LogP contribution in [0.3, 0.4) is 0 Å². The van der Waals surface area contributed by atoms with E-state index in [1.54, 1.807) is 37.0 Å². The van der Waals surface area contributed by atoms with Gasteiger partial charge in [0.1, 0.15) is 0 Å². The van der Waals surface area contributed by atoms with E-state index in [-0.39, 0.29) is 18.4 Å². The zero-order valence-corrected chi connectivity index (χ0v) is 15.3. The molecular formula is C17H17BrN2O2S. The summed E-state index contributed by atoms with van der Waals surface area (Å²) < 4.78 is 0.829. The van der Waals surface area contributed by atoms with E-state index in [4.69, 9.17) is 0 Å². The fraction of sp³-hybridized carbons (Fsp3) is 0.176. The summed E-state index contributed by atoms with van der Waals surface area (Å²) in [5.41, 5.74) is 1.30. The predicted molar refractivity (Wildman–Crippen MR) is 98.0 cm³/mol. The molecule has 0 bridgehead atoms. The average molecular weight is 393 g/mol. The number of hydrogen-bond acceptors (Lipinski definition) is 3. The summed E-state index contributed by atoms with van der Waals surface area (Å²) in [5, 5.41) is 2.85. The lowest BCUT2D eigenvalue weighted by Crippen LogP contribution is -2.35. The molecule has 120 valence electrons. The third kappa shape index (κ3) is 4.84. The summed E-state index contributed by atoms with van der Waals surface area (Å²) in [6.07, 6.45) is 1.95. The van der Waals surface area contributed by atoms with Crippen LogP contribution in [0.4, 0.5) is 5.69 Å². The van der Waals surface area contributed by atoms with Crippen molar-refractivity contribution in [2.24, 2.45) is 0 Å². The van der Waals surface area contributed by atoms with Gasteiger partial charge in [-0.2, -0.15) is 0 Å². The van der Waals surface area contributed by atoms with Crippen molar-refractivity contribution in [2.45, 2.75) is 4.90 Å². The molecule has 0 spiro atoms. The number of hydrogen-bond donors (Lipinski definition) is 1. The van der Waals surface area contributed by atoms with Crippen molar-refractivity contribution in [1.29, 1.82) is 0 Å². The molecule has 2 aromatic rings. The van der Waals surface area contributed by atoms with Gasteiger partial charge < -0.3 is 10.2 Å². The predicted octanol–water partition coefficient (Wildman–Crippen LogP) is 3.88. The standard InChI is InChI=1S/C17H17BrN2O2S/c1-20(17(22)12-6-5-7-13(18)10-12)11-16(21)19-14-8-3-4-9-15(14)23-2/h3-10H,11H2,1-2H3,(H,19,21). The molecule has 0 aliphatic carbocycles. The van der Waals surface area contributed by atoms with Gasteiger partial charge in [0.2, 0.25) is 5.91 Å². The normalized spacial score (nSPS) is 10.2. The zero-order chi connectivity index (χ0) is 16.8. The Labute approximate surface area is 148 Å². The number of nitrogens with zero attached hydrogens (tertiary/aromatic N) is 1. The molecule has 0 aromatic heterocycles. The Morgan fingerprint density at radius 3 is 2.61 bits per heavy atom. The van der Waals surface area contributed by atoms with E-state index in [2.05, 4.69) is 21.2 Å². The zero-order valence-electron chi connectivity index (χ0n) is 12.9. The Balaban J connectivity index is 2.01. The van der Waals surface area contributed by atoms with Crippen molar-refractivity contribution in [1.82, 2.24) is 4.90 Å². The van der Waals surface area contributed by atoms with Crippen LogP contribution < -0.4 is 5.32 Å². The summed E-state index contributed by atoms with van der Waals surface area (Å²) in [4.78, 5) is 26.9. The van der Waals surface area contributed by atoms with E-state index in [1.807, 2.05) is 36.6 Å². The molecule has 4 nitrogen and oxygen atoms in total. The van der Waals surface area contributed by atoms with E-state index in [0.29, 0.717) is 5.56 Å². The Kier molecular flexibility index (Phi) is 6.24. The van der Waals surface area contributed by atoms with Gasteiger partial charge in [-0.15, -0.1) is 11.8 Å². The maximum Gasteiger partial charge on any atom is 0.254 e. The number of halogens is 1. The van der Waals surface area contributed by atoms with Crippen molar-refractivity contribution >= 4 is 45.2 Å². The summed E-state index contributed by atoms with van der Waals surface area (Å²) in [6.45, 7) is -0.00589. The number of benzene rings is 2. The van der Waals surface area contributed by atoms with Crippen LogP contribution >= 0.6 is 27.7 Å². The SMILES string of the molecule is CSc1ccccc1NC(=O)CN(C)C(=O)c1cccc(Br)c1. The molecule has 0 unspecified atom stereocenters. The van der Waals surface area contributed by atoms with Crippen LogP contribution in [0.2, 0.25) is 0 Å². The second-order valence-electron chi connectivity index (χ2n) is 4.92. The van der Waals surface area contributed by atoms with Gasteiger partial charge in [-0.1, -0.05) is 34.1 Å². The van der Waals surface area contributed by atoms with E-state index in [1.165, 1.54) is 4.90 Å². The highest BCUT2D eigenvalue weighted by Gasteiger charge is 2.15. The second-order valence-corrected chi connectivity index (χ2v) is 6.68. The molecule has 0 saturated carbocycles. The van der Waals surface area contributed by atoms with Crippen LogP contribution in [0.25, 0.3) is 0 Å². The first-order valence-corrected chi connectivity index (χ1v) is 8.97. The van der Waals surface area contributed by atoms with Gasteiger partial charge in [-0.25, -0.2) is 0 Å². The highest BCUT2D eigenvalue weighted by Crippen LogP contribution is 2.24. The van der Waals surface area contributed by atoms with Crippen molar-refractivity contribution in [3.05, 3.63) is 58.6 Å². The molecule has 0 atom stereocenters. The number of likely N-dealkylation sites (N-methyl/N-ethyl adjacent to an activating group) is 1. The van der Waals surface area contributed by atoms with Crippen LogP contribution in [0.1, 0.15) is 10.4 Å². The molecule has 0 radical (unpaired) electrons. The molecule has 0 heterocycles. The molecule has 0 fully saturated rings. The maximum absolute atomic E-state index is 12.3. The summed E-state index contributed by atoms with van der Waals surface area (Å²) >= 11 is 4.90. The molecule has 1 N–H and O–H groups in total. The van der Waals surface area contributed by atoms with Crippen molar-refractivity contribution in [2.75, 3.05) is 25.2 Å². The van der Waals surface area contributed by atoms with Gasteiger partial charge in [0.15, 0.2) is 0 Å². The number of amides is 2. The molecule has 2 amide bonds. The van der Waals surface area contributed by atoms with Gasteiger partial charge in [-0.05, 0) is 36.6 Å². The molecule has 0 saturated heterocycles. The molecule has 23 heavy (non-hydrogen) atoms. The van der Waals surface area contributed by atoms with Gasteiger partial charge in [0, 0.05) is 22.0 Å². The largest absolute Gasteiger partial charge is 0.332 e. The minimum atomic E-state index is -0.225. The number of carbonyl (C=O) groups is 2. The monoisotopic (exact) mass is 392 g/mol. The number of para-hydroxylation sites is 1. The number of anilines is 1. The molecular weight excluding hydrogens is 376 g/mol. The summed E-state index contributed by atoms with van der Waals surface area (Å²) in [5.74, 6) is -0.419. The summed E-state index contributed by atoms with van der Waals surface area (Å²) in [7, 11) is 1.61. The first-order valence-electron chi connectivity index (χ1n) is 6.95. The first kappa shape index (κ1) is 17.6. The smallest absolute Gasteiger partial charge is 0.254 e. The lowest BCUT2D eigenvalue weighted by Gasteiger charge is -2.17. The quantitative estimate of drug-likeness (QED) is 0.785. The van der Waals surface area contributed by atoms with E-state index in [0.717, 1.165) is 15.1 Å². The van der Waals surface area contributed by atoms with Crippen LogP contribution in [0.5, 0.6) is 0 Å². The van der Waals surface area contributed by atoms with Gasteiger partial charge >= 0.3 is 0 Å². The Morgan fingerprint density at radius 1 is 1.17 bits per heavy atom. The van der Waals surface area contributed by atoms with E-state index < -0.39 is 0 Å². The summed E-state index contributed by atoms with van der Waals surface area (Å²) in [6, 6.07) is 14.7. The fourth-order valence-electron chi connectivity index (χ4n) is 2.07. The maximum atomic E-state index is 12.3. The third-order valence-corrected chi connectivity index (χ3v) is 4.47. The highest BCUT2D eigenvalue weighted by atomic mass is 79.9. The van der Waals surface area contributed by atoms with Crippen LogP contribution in [0.15, 0.2) is 57.9 Å². The Morgan fingerprint density at radius 2 is 1.91 bits per heavy atom. The minimum Gasteiger partial charge on any atom is -0.332 e. The van der Waals surface area contributed by atoms with Gasteiger partial charge in [0.25, 0.3) is 5.91 Å².